The molecule has 1 N–H and O–H groups in total. The van der Waals surface area contributed by atoms with Gasteiger partial charge in [-0.15, -0.1) is 0 Å². The van der Waals surface area contributed by atoms with Crippen LogP contribution in [0.25, 0.3) is 0 Å². The van der Waals surface area contributed by atoms with Crippen LogP contribution in [0.4, 0.5) is 5.95 Å². The molecule has 4 rings (SSSR count). The predicted octanol–water partition coefficient (Wildman–Crippen LogP) is 4.39. The van der Waals surface area contributed by atoms with Crippen LogP contribution in [0.3, 0.4) is 0 Å². The number of benzene rings is 2. The summed E-state index contributed by atoms with van der Waals surface area (Å²) in [5.74, 6) is 0.787. The zero-order chi connectivity index (χ0) is 15.8. The molecule has 0 saturated heterocycles. The van der Waals surface area contributed by atoms with Gasteiger partial charge in [-0.2, -0.15) is 10.1 Å². The third-order valence-corrected chi connectivity index (χ3v) is 4.80. The van der Waals surface area contributed by atoms with E-state index < -0.39 is 0 Å². The molecule has 2 heterocycles. The lowest BCUT2D eigenvalue weighted by Gasteiger charge is -2.32. The number of nitrogens with zero attached hydrogens (tertiary/aromatic N) is 3. The maximum absolute atomic E-state index is 6.40. The van der Waals surface area contributed by atoms with Gasteiger partial charge in [-0.25, -0.2) is 4.68 Å². The van der Waals surface area contributed by atoms with E-state index in [4.69, 9.17) is 11.6 Å². The van der Waals surface area contributed by atoms with Crippen LogP contribution in [-0.2, 0) is 0 Å². The third-order valence-electron chi connectivity index (χ3n) is 4.46. The Morgan fingerprint density at radius 1 is 1.09 bits per heavy atom. The van der Waals surface area contributed by atoms with Crippen molar-refractivity contribution < 1.29 is 0 Å². The van der Waals surface area contributed by atoms with Crippen LogP contribution in [0.1, 0.15) is 35.2 Å². The fourth-order valence-electron chi connectivity index (χ4n) is 3.30. The second-order valence-electron chi connectivity index (χ2n) is 5.85. The first-order valence-electron chi connectivity index (χ1n) is 7.70. The monoisotopic (exact) mass is 324 g/mol. The van der Waals surface area contributed by atoms with Crippen molar-refractivity contribution in [2.24, 2.45) is 0 Å². The summed E-state index contributed by atoms with van der Waals surface area (Å²) >= 11 is 6.40. The number of anilines is 1. The highest BCUT2D eigenvalue weighted by Gasteiger charge is 2.31. The lowest BCUT2D eigenvalue weighted by Crippen LogP contribution is -2.28. The largest absolute Gasteiger partial charge is 0.347 e. The molecule has 116 valence electrons. The summed E-state index contributed by atoms with van der Waals surface area (Å²) in [6, 6.07) is 16.7. The van der Waals surface area contributed by atoms with E-state index in [1.165, 1.54) is 11.1 Å². The Morgan fingerprint density at radius 2 is 1.83 bits per heavy atom. The molecule has 5 heteroatoms. The number of hydrogen-bond acceptors (Lipinski definition) is 3. The number of nitrogens with one attached hydrogen (secondary N) is 1. The van der Waals surface area contributed by atoms with Gasteiger partial charge in [0, 0.05) is 5.02 Å². The highest BCUT2D eigenvalue weighted by Crippen LogP contribution is 2.39. The maximum Gasteiger partial charge on any atom is 0.222 e. The molecule has 2 aromatic carbocycles. The van der Waals surface area contributed by atoms with Crippen molar-refractivity contribution >= 4 is 17.5 Å². The highest BCUT2D eigenvalue weighted by molar-refractivity contribution is 6.31. The van der Waals surface area contributed by atoms with E-state index in [1.807, 2.05) is 22.9 Å². The second kappa shape index (κ2) is 5.70. The third kappa shape index (κ3) is 2.49. The Kier molecular flexibility index (Phi) is 3.54. The van der Waals surface area contributed by atoms with Gasteiger partial charge in [0.15, 0.2) is 0 Å². The summed E-state index contributed by atoms with van der Waals surface area (Å²) in [5.41, 5.74) is 3.64. The minimum Gasteiger partial charge on any atom is -0.347 e. The van der Waals surface area contributed by atoms with Gasteiger partial charge in [0.2, 0.25) is 5.95 Å². The number of aryl methyl sites for hydroxylation is 1. The molecule has 0 spiro atoms. The molecule has 2 atom stereocenters. The van der Waals surface area contributed by atoms with E-state index in [0.29, 0.717) is 0 Å². The molecular formula is C18H17ClN4. The normalized spacial score (nSPS) is 19.9. The Bertz CT molecular complexity index is 842. The van der Waals surface area contributed by atoms with Gasteiger partial charge >= 0.3 is 0 Å². The van der Waals surface area contributed by atoms with Gasteiger partial charge in [-0.3, -0.25) is 0 Å². The van der Waals surface area contributed by atoms with Gasteiger partial charge in [0.25, 0.3) is 0 Å². The molecule has 0 bridgehead atoms. The van der Waals surface area contributed by atoms with Crippen LogP contribution in [-0.4, -0.2) is 14.8 Å². The summed E-state index contributed by atoms with van der Waals surface area (Å²) in [5, 5.41) is 8.65. The SMILES string of the molecule is Cc1ccccc1C1CC(c2ccccc2Cl)Nc2ncnn21. The maximum atomic E-state index is 6.40. The van der Waals surface area contributed by atoms with Crippen LogP contribution in [0, 0.1) is 6.92 Å². The average molecular weight is 325 g/mol. The molecule has 2 unspecified atom stereocenters. The van der Waals surface area contributed by atoms with Crippen LogP contribution in [0.5, 0.6) is 0 Å². The quantitative estimate of drug-likeness (QED) is 0.760. The van der Waals surface area contributed by atoms with Crippen molar-refractivity contribution in [3.63, 3.8) is 0 Å². The topological polar surface area (TPSA) is 42.7 Å². The standard InChI is InChI=1S/C18H17ClN4/c1-12-6-2-3-7-13(12)17-10-16(14-8-4-5-9-15(14)19)22-18-20-11-21-23(17)18/h2-9,11,16-17H,10H2,1H3,(H,20,21,22). The van der Waals surface area contributed by atoms with Crippen LogP contribution < -0.4 is 5.32 Å². The van der Waals surface area contributed by atoms with Gasteiger partial charge in [0.1, 0.15) is 6.33 Å². The lowest BCUT2D eigenvalue weighted by molar-refractivity contribution is 0.429. The Morgan fingerprint density at radius 3 is 2.61 bits per heavy atom. The minimum absolute atomic E-state index is 0.116. The Hall–Kier alpha value is -2.33. The van der Waals surface area contributed by atoms with Crippen LogP contribution >= 0.6 is 11.6 Å². The van der Waals surface area contributed by atoms with Crippen molar-refractivity contribution in [3.05, 3.63) is 76.6 Å². The van der Waals surface area contributed by atoms with Crippen LogP contribution in [0.15, 0.2) is 54.9 Å². The van der Waals surface area contributed by atoms with Crippen molar-refractivity contribution in [1.82, 2.24) is 14.8 Å². The summed E-state index contributed by atoms with van der Waals surface area (Å²) in [4.78, 5) is 4.37. The predicted molar refractivity (Wildman–Crippen MR) is 91.8 cm³/mol. The minimum atomic E-state index is 0.116. The van der Waals surface area contributed by atoms with Gasteiger partial charge < -0.3 is 5.32 Å². The fourth-order valence-corrected chi connectivity index (χ4v) is 3.57. The first-order chi connectivity index (χ1) is 11.2. The molecule has 0 aliphatic carbocycles. The molecule has 4 nitrogen and oxygen atoms in total. The fraction of sp³-hybridized carbons (Fsp3) is 0.222. The van der Waals surface area contributed by atoms with Gasteiger partial charge in [0.05, 0.1) is 12.1 Å². The van der Waals surface area contributed by atoms with Crippen molar-refractivity contribution in [2.75, 3.05) is 5.32 Å². The van der Waals surface area contributed by atoms with Crippen LogP contribution in [0.2, 0.25) is 5.02 Å². The van der Waals surface area contributed by atoms with E-state index in [-0.39, 0.29) is 12.1 Å². The summed E-state index contributed by atoms with van der Waals surface area (Å²) in [6.45, 7) is 2.14. The number of rotatable bonds is 2. The molecule has 0 fully saturated rings. The molecule has 23 heavy (non-hydrogen) atoms. The zero-order valence-electron chi connectivity index (χ0n) is 12.8. The molecule has 1 aliphatic heterocycles. The number of fused-ring (bicyclic) bond motifs is 1. The first-order valence-corrected chi connectivity index (χ1v) is 8.08. The molecule has 0 radical (unpaired) electrons. The molecule has 0 saturated carbocycles. The summed E-state index contributed by atoms with van der Waals surface area (Å²) in [7, 11) is 0. The number of halogens is 1. The van der Waals surface area contributed by atoms with E-state index in [2.05, 4.69) is 52.7 Å². The smallest absolute Gasteiger partial charge is 0.222 e. The Labute approximate surface area is 140 Å². The summed E-state index contributed by atoms with van der Waals surface area (Å²) < 4.78 is 1.97. The average Bonchev–Trinajstić information content (AvgIpc) is 3.03. The van der Waals surface area contributed by atoms with E-state index in [0.717, 1.165) is 23.0 Å². The molecule has 1 aliphatic rings. The first kappa shape index (κ1) is 14.3. The van der Waals surface area contributed by atoms with E-state index >= 15 is 0 Å². The van der Waals surface area contributed by atoms with E-state index in [1.54, 1.807) is 6.33 Å². The molecule has 1 aromatic heterocycles. The number of hydrogen-bond donors (Lipinski definition) is 1. The Balaban J connectivity index is 1.79. The second-order valence-corrected chi connectivity index (χ2v) is 6.26. The summed E-state index contributed by atoms with van der Waals surface area (Å²) in [6.07, 6.45) is 2.48. The van der Waals surface area contributed by atoms with E-state index in [9.17, 15) is 0 Å². The lowest BCUT2D eigenvalue weighted by atomic mass is 9.91. The molecule has 0 amide bonds. The van der Waals surface area contributed by atoms with Crippen molar-refractivity contribution in [1.29, 1.82) is 0 Å². The highest BCUT2D eigenvalue weighted by atomic mass is 35.5. The number of aromatic nitrogens is 3. The molecular weight excluding hydrogens is 308 g/mol. The zero-order valence-corrected chi connectivity index (χ0v) is 13.5. The van der Waals surface area contributed by atoms with Crippen molar-refractivity contribution in [2.45, 2.75) is 25.4 Å². The van der Waals surface area contributed by atoms with Gasteiger partial charge in [-0.1, -0.05) is 54.1 Å². The van der Waals surface area contributed by atoms with Crippen molar-refractivity contribution in [3.8, 4) is 0 Å². The molecule has 3 aromatic rings. The van der Waals surface area contributed by atoms with Gasteiger partial charge in [-0.05, 0) is 36.1 Å².